The molecule has 4 rings (SSSR count). The number of halogens is 1. The molecule has 0 aliphatic carbocycles. The van der Waals surface area contributed by atoms with Crippen molar-refractivity contribution in [3.63, 3.8) is 0 Å². The molecule has 2 heterocycles. The molecule has 0 radical (unpaired) electrons. The number of carboxylic acid groups (broad SMARTS) is 1. The zero-order valence-electron chi connectivity index (χ0n) is 15.6. The summed E-state index contributed by atoms with van der Waals surface area (Å²) >= 11 is 1.61. The number of hydrogen-bond donors (Lipinski definition) is 3. The second kappa shape index (κ2) is 8.63. The maximum atomic E-state index is 13.1. The lowest BCUT2D eigenvalue weighted by atomic mass is 9.94. The van der Waals surface area contributed by atoms with Crippen molar-refractivity contribution in [3.05, 3.63) is 83.4 Å². The van der Waals surface area contributed by atoms with Crippen LogP contribution in [0.15, 0.2) is 70.7 Å². The van der Waals surface area contributed by atoms with Crippen molar-refractivity contribution in [2.75, 3.05) is 18.4 Å². The Morgan fingerprint density at radius 2 is 2.00 bits per heavy atom. The van der Waals surface area contributed by atoms with Crippen LogP contribution in [0.3, 0.4) is 0 Å². The first kappa shape index (κ1) is 19.4. The number of rotatable bonds is 6. The van der Waals surface area contributed by atoms with Crippen molar-refractivity contribution >= 4 is 23.4 Å². The Hall–Kier alpha value is -2.90. The Bertz CT molecular complexity index is 1030. The Morgan fingerprint density at radius 1 is 1.21 bits per heavy atom. The zero-order chi connectivity index (χ0) is 20.2. The number of anilines is 1. The highest BCUT2D eigenvalue weighted by Gasteiger charge is 2.21. The molecule has 2 aromatic carbocycles. The molecule has 0 saturated heterocycles. The van der Waals surface area contributed by atoms with Gasteiger partial charge in [-0.05, 0) is 66.6 Å². The molecular weight excluding hydrogens is 389 g/mol. The van der Waals surface area contributed by atoms with Gasteiger partial charge in [0, 0.05) is 28.6 Å². The van der Waals surface area contributed by atoms with Crippen molar-refractivity contribution in [2.45, 2.75) is 22.3 Å². The molecule has 5 nitrogen and oxygen atoms in total. The lowest BCUT2D eigenvalue weighted by Gasteiger charge is -2.28. The molecule has 7 heteroatoms. The second-order valence-electron chi connectivity index (χ2n) is 6.78. The molecule has 1 atom stereocenters. The predicted molar refractivity (Wildman–Crippen MR) is 111 cm³/mol. The van der Waals surface area contributed by atoms with Crippen LogP contribution in [-0.4, -0.2) is 29.1 Å². The summed E-state index contributed by atoms with van der Waals surface area (Å²) in [5.41, 5.74) is 3.19. The van der Waals surface area contributed by atoms with Crippen LogP contribution in [0.4, 0.5) is 10.1 Å². The van der Waals surface area contributed by atoms with E-state index in [0.29, 0.717) is 12.2 Å². The highest BCUT2D eigenvalue weighted by molar-refractivity contribution is 7.99. The smallest absolute Gasteiger partial charge is 0.337 e. The molecule has 0 amide bonds. The van der Waals surface area contributed by atoms with E-state index in [1.54, 1.807) is 23.9 Å². The van der Waals surface area contributed by atoms with Gasteiger partial charge in [0.2, 0.25) is 0 Å². The standard InChI is InChI=1S/C22H20FN3O2S/c23-15-1-3-16(4-2-15)29-17-5-6-18-14(11-17)7-10-25-21(18)13-26-20-12-24-9-8-19(20)22(27)28/h1-6,8-9,11-12,21,25-26H,7,10,13H2,(H,27,28). The predicted octanol–water partition coefficient (Wildman–Crippen LogP) is 4.37. The number of hydrogen-bond acceptors (Lipinski definition) is 5. The average Bonchev–Trinajstić information content (AvgIpc) is 2.74. The van der Waals surface area contributed by atoms with Crippen LogP contribution in [0, 0.1) is 5.82 Å². The highest BCUT2D eigenvalue weighted by atomic mass is 32.2. The summed E-state index contributed by atoms with van der Waals surface area (Å²) in [5, 5.41) is 16.0. The number of benzene rings is 2. The molecule has 1 aliphatic heterocycles. The summed E-state index contributed by atoms with van der Waals surface area (Å²) in [7, 11) is 0. The number of nitrogens with one attached hydrogen (secondary N) is 2. The number of pyridine rings is 1. The first-order valence-corrected chi connectivity index (χ1v) is 10.1. The van der Waals surface area contributed by atoms with Crippen LogP contribution >= 0.6 is 11.8 Å². The molecule has 0 spiro atoms. The maximum Gasteiger partial charge on any atom is 0.337 e. The summed E-state index contributed by atoms with van der Waals surface area (Å²) in [6.45, 7) is 1.41. The molecule has 0 fully saturated rings. The number of fused-ring (bicyclic) bond motifs is 1. The van der Waals surface area contributed by atoms with E-state index in [1.165, 1.54) is 41.7 Å². The van der Waals surface area contributed by atoms with E-state index >= 15 is 0 Å². The first-order valence-electron chi connectivity index (χ1n) is 9.31. The molecule has 148 valence electrons. The van der Waals surface area contributed by atoms with Crippen LogP contribution in [0.25, 0.3) is 0 Å². The molecule has 1 unspecified atom stereocenters. The van der Waals surface area contributed by atoms with E-state index in [-0.39, 0.29) is 17.4 Å². The quantitative estimate of drug-likeness (QED) is 0.561. The first-order chi connectivity index (χ1) is 14.1. The van der Waals surface area contributed by atoms with E-state index in [9.17, 15) is 14.3 Å². The largest absolute Gasteiger partial charge is 0.478 e. The summed E-state index contributed by atoms with van der Waals surface area (Å²) in [5.74, 6) is -1.21. The number of aromatic nitrogens is 1. The number of nitrogens with zero attached hydrogens (tertiary/aromatic N) is 1. The van der Waals surface area contributed by atoms with Crippen molar-refractivity contribution in [3.8, 4) is 0 Å². The minimum Gasteiger partial charge on any atom is -0.478 e. The molecule has 0 saturated carbocycles. The normalized spacial score (nSPS) is 15.6. The lowest BCUT2D eigenvalue weighted by Crippen LogP contribution is -2.34. The highest BCUT2D eigenvalue weighted by Crippen LogP contribution is 2.32. The van der Waals surface area contributed by atoms with Gasteiger partial charge in [-0.3, -0.25) is 4.98 Å². The molecular formula is C22H20FN3O2S. The van der Waals surface area contributed by atoms with Gasteiger partial charge in [-0.25, -0.2) is 9.18 Å². The average molecular weight is 409 g/mol. The fourth-order valence-corrected chi connectivity index (χ4v) is 4.33. The fraction of sp³-hybridized carbons (Fsp3) is 0.182. The van der Waals surface area contributed by atoms with Crippen molar-refractivity contribution in [1.29, 1.82) is 0 Å². The summed E-state index contributed by atoms with van der Waals surface area (Å²) < 4.78 is 13.1. The third kappa shape index (κ3) is 4.58. The minimum atomic E-state index is -0.977. The Balaban J connectivity index is 1.48. The fourth-order valence-electron chi connectivity index (χ4n) is 3.45. The number of carboxylic acids is 1. The van der Waals surface area contributed by atoms with E-state index in [2.05, 4.69) is 33.8 Å². The molecule has 1 aliphatic rings. The van der Waals surface area contributed by atoms with Gasteiger partial charge in [0.1, 0.15) is 5.82 Å². The molecule has 1 aromatic heterocycles. The van der Waals surface area contributed by atoms with Gasteiger partial charge in [0.15, 0.2) is 0 Å². The summed E-state index contributed by atoms with van der Waals surface area (Å²) in [6, 6.07) is 14.4. The van der Waals surface area contributed by atoms with Crippen LogP contribution in [-0.2, 0) is 6.42 Å². The summed E-state index contributed by atoms with van der Waals surface area (Å²) in [4.78, 5) is 17.5. The minimum absolute atomic E-state index is 0.0745. The third-order valence-corrected chi connectivity index (χ3v) is 5.87. The molecule has 3 N–H and O–H groups in total. The Labute approximate surface area is 172 Å². The van der Waals surface area contributed by atoms with E-state index in [0.717, 1.165) is 22.8 Å². The van der Waals surface area contributed by atoms with Gasteiger partial charge in [-0.15, -0.1) is 0 Å². The van der Waals surface area contributed by atoms with Crippen LogP contribution in [0.5, 0.6) is 0 Å². The second-order valence-corrected chi connectivity index (χ2v) is 7.93. The zero-order valence-corrected chi connectivity index (χ0v) is 16.4. The van der Waals surface area contributed by atoms with Gasteiger partial charge >= 0.3 is 5.97 Å². The topological polar surface area (TPSA) is 74.2 Å². The number of aromatic carboxylic acids is 1. The van der Waals surface area contributed by atoms with E-state index in [1.807, 2.05) is 0 Å². The number of carbonyl (C=O) groups is 1. The summed E-state index contributed by atoms with van der Waals surface area (Å²) in [6.07, 6.45) is 3.94. The van der Waals surface area contributed by atoms with Crippen LogP contribution in [0.1, 0.15) is 27.5 Å². The van der Waals surface area contributed by atoms with Crippen LogP contribution < -0.4 is 10.6 Å². The monoisotopic (exact) mass is 409 g/mol. The van der Waals surface area contributed by atoms with E-state index < -0.39 is 5.97 Å². The Kier molecular flexibility index (Phi) is 5.78. The van der Waals surface area contributed by atoms with Gasteiger partial charge in [-0.1, -0.05) is 17.8 Å². The third-order valence-electron chi connectivity index (χ3n) is 4.87. The van der Waals surface area contributed by atoms with Crippen molar-refractivity contribution in [1.82, 2.24) is 10.3 Å². The van der Waals surface area contributed by atoms with Crippen molar-refractivity contribution in [2.24, 2.45) is 0 Å². The lowest BCUT2D eigenvalue weighted by molar-refractivity contribution is 0.0697. The van der Waals surface area contributed by atoms with Gasteiger partial charge < -0.3 is 15.7 Å². The van der Waals surface area contributed by atoms with Crippen LogP contribution in [0.2, 0.25) is 0 Å². The molecule has 0 bridgehead atoms. The van der Waals surface area contributed by atoms with Gasteiger partial charge in [0.25, 0.3) is 0 Å². The van der Waals surface area contributed by atoms with Crippen molar-refractivity contribution < 1.29 is 14.3 Å². The molecule has 29 heavy (non-hydrogen) atoms. The Morgan fingerprint density at radius 3 is 2.79 bits per heavy atom. The van der Waals surface area contributed by atoms with Gasteiger partial charge in [0.05, 0.1) is 17.4 Å². The van der Waals surface area contributed by atoms with E-state index in [4.69, 9.17) is 0 Å². The maximum absolute atomic E-state index is 13.1. The molecule has 3 aromatic rings. The van der Waals surface area contributed by atoms with Gasteiger partial charge in [-0.2, -0.15) is 0 Å². The SMILES string of the molecule is O=C(O)c1ccncc1NCC1NCCc2cc(Sc3ccc(F)cc3)ccc21.